The maximum atomic E-state index is 12.6. The van der Waals surface area contributed by atoms with E-state index in [1.165, 1.54) is 12.8 Å². The van der Waals surface area contributed by atoms with Crippen molar-refractivity contribution in [1.29, 1.82) is 0 Å². The number of rotatable bonds is 5. The van der Waals surface area contributed by atoms with Gasteiger partial charge in [0.1, 0.15) is 0 Å². The maximum Gasteiger partial charge on any atom is 0.252 e. The Morgan fingerprint density at radius 3 is 2.67 bits per heavy atom. The summed E-state index contributed by atoms with van der Waals surface area (Å²) in [5.74, 6) is -0.0604. The molecule has 0 unspecified atom stereocenters. The van der Waals surface area contributed by atoms with Crippen molar-refractivity contribution in [3.05, 3.63) is 24.0 Å². The molecule has 1 saturated carbocycles. The highest BCUT2D eigenvalue weighted by Crippen LogP contribution is 2.33. The molecule has 0 radical (unpaired) electrons. The number of amides is 1. The Morgan fingerprint density at radius 2 is 2.04 bits per heavy atom. The molecule has 0 saturated heterocycles. The molecule has 3 rings (SSSR count). The predicted molar refractivity (Wildman–Crippen MR) is 95.1 cm³/mol. The lowest BCUT2D eigenvalue weighted by Gasteiger charge is -2.36. The molecule has 2 heterocycles. The number of aromatic nitrogens is 3. The summed E-state index contributed by atoms with van der Waals surface area (Å²) in [5.41, 5.74) is 1.51. The van der Waals surface area contributed by atoms with E-state index in [0.717, 1.165) is 23.9 Å². The first-order valence-electron chi connectivity index (χ1n) is 8.72. The van der Waals surface area contributed by atoms with Crippen LogP contribution in [0.1, 0.15) is 55.9 Å². The Hall–Kier alpha value is -1.95. The van der Waals surface area contributed by atoms with Gasteiger partial charge in [0.2, 0.25) is 0 Å². The van der Waals surface area contributed by atoms with Gasteiger partial charge in [0, 0.05) is 29.7 Å². The standard InChI is InChI=1S/C18H27N5O/c1-13(2)23-16-14(11-21-23)9-15(10-19-16)17(24)20-12-18(22(3)4)7-5-6-8-18/h9-11,13H,5-8,12H2,1-4H3,(H,20,24). The van der Waals surface area contributed by atoms with Crippen LogP contribution in [-0.2, 0) is 0 Å². The highest BCUT2D eigenvalue weighted by Gasteiger charge is 2.36. The fourth-order valence-electron chi connectivity index (χ4n) is 3.60. The van der Waals surface area contributed by atoms with Gasteiger partial charge in [0.15, 0.2) is 5.65 Å². The molecule has 1 fully saturated rings. The topological polar surface area (TPSA) is 63.1 Å². The van der Waals surface area contributed by atoms with Gasteiger partial charge in [-0.1, -0.05) is 12.8 Å². The van der Waals surface area contributed by atoms with E-state index in [1.807, 2.05) is 10.7 Å². The zero-order chi connectivity index (χ0) is 17.3. The second-order valence-corrected chi connectivity index (χ2v) is 7.33. The zero-order valence-electron chi connectivity index (χ0n) is 15.0. The van der Waals surface area contributed by atoms with Gasteiger partial charge in [-0.2, -0.15) is 5.10 Å². The number of nitrogens with zero attached hydrogens (tertiary/aromatic N) is 4. The Labute approximate surface area is 143 Å². The first-order valence-corrected chi connectivity index (χ1v) is 8.72. The molecular weight excluding hydrogens is 302 g/mol. The summed E-state index contributed by atoms with van der Waals surface area (Å²) < 4.78 is 1.87. The van der Waals surface area contributed by atoms with Crippen molar-refractivity contribution in [2.45, 2.75) is 51.1 Å². The van der Waals surface area contributed by atoms with Crippen molar-refractivity contribution in [3.8, 4) is 0 Å². The highest BCUT2D eigenvalue weighted by molar-refractivity contribution is 5.96. The summed E-state index contributed by atoms with van der Waals surface area (Å²) in [4.78, 5) is 19.3. The predicted octanol–water partition coefficient (Wildman–Crippen LogP) is 2.62. The lowest BCUT2D eigenvalue weighted by molar-refractivity contribution is 0.0900. The number of fused-ring (bicyclic) bond motifs is 1. The van der Waals surface area contributed by atoms with Crippen LogP contribution in [0.25, 0.3) is 11.0 Å². The van der Waals surface area contributed by atoms with Gasteiger partial charge in [-0.3, -0.25) is 4.79 Å². The van der Waals surface area contributed by atoms with Gasteiger partial charge in [-0.25, -0.2) is 9.67 Å². The summed E-state index contributed by atoms with van der Waals surface area (Å²) in [7, 11) is 4.21. The number of nitrogens with one attached hydrogen (secondary N) is 1. The van der Waals surface area contributed by atoms with Crippen molar-refractivity contribution in [3.63, 3.8) is 0 Å². The largest absolute Gasteiger partial charge is 0.350 e. The average molecular weight is 329 g/mol. The molecule has 2 aromatic heterocycles. The van der Waals surface area contributed by atoms with Crippen LogP contribution >= 0.6 is 0 Å². The quantitative estimate of drug-likeness (QED) is 0.916. The summed E-state index contributed by atoms with van der Waals surface area (Å²) in [5, 5.41) is 8.37. The summed E-state index contributed by atoms with van der Waals surface area (Å²) in [6.07, 6.45) is 8.16. The van der Waals surface area contributed by atoms with E-state index in [1.54, 1.807) is 12.4 Å². The minimum absolute atomic E-state index is 0.0604. The summed E-state index contributed by atoms with van der Waals surface area (Å²) in [6, 6.07) is 2.12. The first kappa shape index (κ1) is 16.9. The molecule has 6 heteroatoms. The lowest BCUT2D eigenvalue weighted by atomic mass is 9.96. The molecule has 1 aliphatic rings. The Balaban J connectivity index is 1.74. The van der Waals surface area contributed by atoms with Gasteiger partial charge >= 0.3 is 0 Å². The number of hydrogen-bond acceptors (Lipinski definition) is 4. The number of hydrogen-bond donors (Lipinski definition) is 1. The third kappa shape index (κ3) is 3.02. The molecule has 1 aliphatic carbocycles. The van der Waals surface area contributed by atoms with Crippen molar-refractivity contribution in [2.75, 3.05) is 20.6 Å². The number of likely N-dealkylation sites (N-methyl/N-ethyl adjacent to an activating group) is 1. The van der Waals surface area contributed by atoms with Crippen molar-refractivity contribution < 1.29 is 4.79 Å². The van der Waals surface area contributed by atoms with E-state index < -0.39 is 0 Å². The Kier molecular flexibility index (Phi) is 4.58. The van der Waals surface area contributed by atoms with E-state index in [2.05, 4.69) is 48.2 Å². The van der Waals surface area contributed by atoms with Crippen LogP contribution in [0.2, 0.25) is 0 Å². The monoisotopic (exact) mass is 329 g/mol. The van der Waals surface area contributed by atoms with Crippen LogP contribution in [-0.4, -0.2) is 51.8 Å². The minimum atomic E-state index is -0.0604. The molecule has 1 N–H and O–H groups in total. The van der Waals surface area contributed by atoms with Gasteiger partial charge in [0.05, 0.1) is 11.8 Å². The smallest absolute Gasteiger partial charge is 0.252 e. The van der Waals surface area contributed by atoms with Crippen LogP contribution in [0.5, 0.6) is 0 Å². The van der Waals surface area contributed by atoms with Gasteiger partial charge in [-0.15, -0.1) is 0 Å². The van der Waals surface area contributed by atoms with Gasteiger partial charge in [0.25, 0.3) is 5.91 Å². The molecular formula is C18H27N5O. The second-order valence-electron chi connectivity index (χ2n) is 7.33. The summed E-state index contributed by atoms with van der Waals surface area (Å²) >= 11 is 0. The molecule has 0 spiro atoms. The van der Waals surface area contributed by atoms with Crippen LogP contribution in [0, 0.1) is 0 Å². The normalized spacial score (nSPS) is 17.1. The van der Waals surface area contributed by atoms with E-state index in [-0.39, 0.29) is 17.5 Å². The molecule has 0 aromatic carbocycles. The minimum Gasteiger partial charge on any atom is -0.350 e. The fraction of sp³-hybridized carbons (Fsp3) is 0.611. The van der Waals surface area contributed by atoms with E-state index >= 15 is 0 Å². The van der Waals surface area contributed by atoms with Crippen molar-refractivity contribution in [2.24, 2.45) is 0 Å². The SMILES string of the molecule is CC(C)n1ncc2cc(C(=O)NCC3(N(C)C)CCCC3)cnc21. The van der Waals surface area contributed by atoms with E-state index in [9.17, 15) is 4.79 Å². The van der Waals surface area contributed by atoms with E-state index in [4.69, 9.17) is 0 Å². The second kappa shape index (κ2) is 6.51. The van der Waals surface area contributed by atoms with E-state index in [0.29, 0.717) is 12.1 Å². The highest BCUT2D eigenvalue weighted by atomic mass is 16.1. The molecule has 0 bridgehead atoms. The van der Waals surface area contributed by atoms with Crippen LogP contribution in [0.15, 0.2) is 18.5 Å². The number of carbonyl (C=O) groups is 1. The van der Waals surface area contributed by atoms with Crippen LogP contribution < -0.4 is 5.32 Å². The molecule has 130 valence electrons. The maximum absolute atomic E-state index is 12.6. The first-order chi connectivity index (χ1) is 11.4. The Morgan fingerprint density at radius 1 is 1.33 bits per heavy atom. The fourth-order valence-corrected chi connectivity index (χ4v) is 3.60. The lowest BCUT2D eigenvalue weighted by Crippen LogP contribution is -2.50. The van der Waals surface area contributed by atoms with Crippen molar-refractivity contribution >= 4 is 16.9 Å². The zero-order valence-corrected chi connectivity index (χ0v) is 15.0. The van der Waals surface area contributed by atoms with Crippen LogP contribution in [0.4, 0.5) is 0 Å². The van der Waals surface area contributed by atoms with Crippen molar-refractivity contribution in [1.82, 2.24) is 25.0 Å². The molecule has 1 amide bonds. The molecule has 2 aromatic rings. The van der Waals surface area contributed by atoms with Gasteiger partial charge in [-0.05, 0) is 46.9 Å². The third-order valence-corrected chi connectivity index (χ3v) is 5.25. The molecule has 6 nitrogen and oxygen atoms in total. The number of pyridine rings is 1. The molecule has 24 heavy (non-hydrogen) atoms. The average Bonchev–Trinajstić information content (AvgIpc) is 3.19. The Bertz CT molecular complexity index is 728. The number of carbonyl (C=O) groups excluding carboxylic acids is 1. The molecule has 0 aliphatic heterocycles. The van der Waals surface area contributed by atoms with Gasteiger partial charge < -0.3 is 10.2 Å². The van der Waals surface area contributed by atoms with Crippen LogP contribution in [0.3, 0.4) is 0 Å². The third-order valence-electron chi connectivity index (χ3n) is 5.25. The molecule has 0 atom stereocenters. The summed E-state index contributed by atoms with van der Waals surface area (Å²) in [6.45, 7) is 4.82.